The number of ether oxygens (including phenoxy) is 9. The van der Waals surface area contributed by atoms with Crippen molar-refractivity contribution in [1.82, 2.24) is 61.2 Å². The number of benzene rings is 2. The Labute approximate surface area is 752 Å². The standard InChI is InChI=1S/2C45H60ClN7O9S/c1-8-26-18-45(26,41(56)57)51-39(54)33-16-29(19-53(33)40(55)38(44(4,5)6)50-43(58)62-28-14-24-13-25(24)15-28)61-35-17-31(32-22-63-42(49-32)47-23(2)3)48-37-30(35)9-10-34(36(37)46)60-21-27-20-59-12-11-52(27)7;1-8-26-18-45(26,41(56)58-7)52-39(54)33-16-29(19-53(33)40(55)38(44(4,5)6)51-43(57)62-28-14-24-13-25(24)15-28)61-35-17-31(32-22-63-42(50-32)48-23(2)3)49-37-30(35)9-10-34(36(37)46)60-21-27-20-59-12-11-47-27/h9-10,17,22-29,33,38H,8,11-16,18-21H2,1-7H3,(H,47,49)(H,50,58)(H,51,54)(H,56,57);9-10,17,22-29,33,38,47H,8,11-16,18-21H2,1-7H3,(H,48,50)(H,51,57)(H,52,54)/t2*24-,25+,26-,27-,28?,29-,33+,38-,45-/m11/s1. The van der Waals surface area contributed by atoms with Gasteiger partial charge in [0, 0.05) is 71.7 Å². The van der Waals surface area contributed by atoms with Gasteiger partial charge in [0.25, 0.3) is 0 Å². The van der Waals surface area contributed by atoms with E-state index < -0.39 is 106 Å². The van der Waals surface area contributed by atoms with Gasteiger partial charge in [-0.15, -0.1) is 22.7 Å². The predicted octanol–water partition coefficient (Wildman–Crippen LogP) is 12.1. The number of nitrogens with zero attached hydrogens (tertiary/aromatic N) is 7. The number of likely N-dealkylation sites (tertiary alicyclic amines) is 2. The highest BCUT2D eigenvalue weighted by molar-refractivity contribution is 7.14. The number of amides is 6. The van der Waals surface area contributed by atoms with Gasteiger partial charge in [0.1, 0.15) is 117 Å². The second kappa shape index (κ2) is 37.7. The molecule has 684 valence electrons. The van der Waals surface area contributed by atoms with Gasteiger partial charge in [-0.05, 0) is 157 Å². The Hall–Kier alpha value is -8.90. The molecule has 4 aromatic heterocycles. The van der Waals surface area contributed by atoms with Crippen LogP contribution in [0.25, 0.3) is 44.6 Å². The number of hydrogen-bond donors (Lipinski definition) is 8. The Morgan fingerprint density at radius 2 is 1.04 bits per heavy atom. The SMILES string of the molecule is CC[C@@H]1C[C@]1(NC(=O)[C@@H]1C[C@@H](Oc2cc(-c3csc(NC(C)C)n3)nc3c(Cl)c(OC[C@H]4COCCN4)ccc23)CN1C(=O)[C@@H](NC(=O)OC1C[C@@H]2C[C@@H]2C1)C(C)(C)C)C(=O)OC.CC[C@@H]1C[C@]1(NC(=O)[C@@H]1C[C@@H](Oc2cc(-c3csc(NC(C)C)n3)nc3c(Cl)c(OC[C@H]4COCCN4C)ccc23)CN1C(=O)[C@@H](NC(=O)OC1C[C@@H]2C[C@@H]2C1)C(C)(C)C)C(=O)O. The molecule has 2 unspecified atom stereocenters. The molecule has 6 aliphatic carbocycles. The number of carboxylic acids is 1. The molecule has 8 N–H and O–H groups in total. The number of hydrogen-bond acceptors (Lipinski definition) is 27. The zero-order chi connectivity index (χ0) is 89.8. The molecule has 6 aromatic rings. The molecule has 6 saturated carbocycles. The zero-order valence-corrected chi connectivity index (χ0v) is 77.3. The summed E-state index contributed by atoms with van der Waals surface area (Å²) in [4.78, 5) is 136. The molecule has 10 fully saturated rings. The lowest BCUT2D eigenvalue weighted by atomic mass is 9.85. The van der Waals surface area contributed by atoms with Crippen molar-refractivity contribution in [2.45, 2.75) is 244 Å². The second-order valence-corrected chi connectivity index (χ2v) is 41.0. The summed E-state index contributed by atoms with van der Waals surface area (Å²) in [7, 11) is 3.33. The average Bonchev–Trinajstić information content (AvgIpc) is 1.59. The Bertz CT molecular complexity index is 5040. The lowest BCUT2D eigenvalue weighted by Crippen LogP contribution is -2.59. The van der Waals surface area contributed by atoms with Crippen LogP contribution in [0.3, 0.4) is 0 Å². The number of halogens is 2. The van der Waals surface area contributed by atoms with E-state index in [-0.39, 0.29) is 84.2 Å². The minimum atomic E-state index is -1.42. The smallest absolute Gasteiger partial charge is 0.408 e. The number of alkyl carbamates (subject to hydrolysis) is 2. The fraction of sp³-hybridized carbons (Fsp3) is 0.644. The molecule has 0 radical (unpaired) electrons. The number of anilines is 2. The van der Waals surface area contributed by atoms with Crippen LogP contribution in [0.15, 0.2) is 47.2 Å². The quantitative estimate of drug-likeness (QED) is 0.0153. The van der Waals surface area contributed by atoms with E-state index in [1.54, 1.807) is 24.3 Å². The summed E-state index contributed by atoms with van der Waals surface area (Å²) in [5, 5.41) is 38.8. The Kier molecular flexibility index (Phi) is 27.4. The van der Waals surface area contributed by atoms with Gasteiger partial charge in [0.15, 0.2) is 10.3 Å². The monoisotopic (exact) mass is 1820 g/mol. The first kappa shape index (κ1) is 91.8. The van der Waals surface area contributed by atoms with Crippen LogP contribution in [-0.2, 0) is 52.5 Å². The van der Waals surface area contributed by atoms with Crippen LogP contribution >= 0.6 is 45.9 Å². The highest BCUT2D eigenvalue weighted by Crippen LogP contribution is 2.55. The number of rotatable bonds is 30. The molecule has 18 atom stereocenters. The van der Waals surface area contributed by atoms with E-state index in [4.69, 9.17) is 85.8 Å². The van der Waals surface area contributed by atoms with Crippen molar-refractivity contribution in [2.75, 3.05) is 90.6 Å². The summed E-state index contributed by atoms with van der Waals surface area (Å²) >= 11 is 17.1. The second-order valence-electron chi connectivity index (χ2n) is 38.5. The van der Waals surface area contributed by atoms with Crippen LogP contribution < -0.4 is 56.2 Å². The minimum absolute atomic E-state index is 0.00165. The molecule has 8 heterocycles. The molecule has 4 aliphatic heterocycles. The number of thiazole rings is 2. The van der Waals surface area contributed by atoms with E-state index >= 15 is 0 Å². The first-order valence-electron chi connectivity index (χ1n) is 44.4. The van der Waals surface area contributed by atoms with Crippen molar-refractivity contribution < 1.29 is 86.1 Å². The van der Waals surface area contributed by atoms with E-state index in [2.05, 4.69) is 42.1 Å². The fourth-order valence-corrected chi connectivity index (χ4v) is 21.0. The van der Waals surface area contributed by atoms with E-state index in [9.17, 15) is 43.5 Å². The largest absolute Gasteiger partial charge is 0.490 e. The summed E-state index contributed by atoms with van der Waals surface area (Å²) in [6.07, 6.45) is 4.54. The van der Waals surface area contributed by atoms with Crippen LogP contribution in [0, 0.1) is 46.3 Å². The molecule has 6 amide bonds. The Morgan fingerprint density at radius 3 is 1.45 bits per heavy atom. The Balaban J connectivity index is 0.000000194. The lowest BCUT2D eigenvalue weighted by molar-refractivity contribution is -0.148. The van der Waals surface area contributed by atoms with Gasteiger partial charge in [0.05, 0.1) is 81.1 Å². The maximum Gasteiger partial charge on any atom is 0.408 e. The van der Waals surface area contributed by atoms with Crippen molar-refractivity contribution in [1.29, 1.82) is 0 Å². The number of nitrogens with one attached hydrogen (secondary N) is 7. The third-order valence-electron chi connectivity index (χ3n) is 26.2. The van der Waals surface area contributed by atoms with Gasteiger partial charge in [-0.2, -0.15) is 0 Å². The highest BCUT2D eigenvalue weighted by atomic mass is 35.5. The van der Waals surface area contributed by atoms with Crippen molar-refractivity contribution in [3.63, 3.8) is 0 Å². The van der Waals surface area contributed by atoms with Crippen LogP contribution in [0.1, 0.15) is 160 Å². The van der Waals surface area contributed by atoms with Crippen LogP contribution in [0.5, 0.6) is 23.0 Å². The van der Waals surface area contributed by atoms with Crippen molar-refractivity contribution >= 4 is 126 Å². The maximum atomic E-state index is 14.9. The number of likely N-dealkylation sites (N-methyl/N-ethyl adjacent to an activating group) is 1. The molecule has 0 bridgehead atoms. The summed E-state index contributed by atoms with van der Waals surface area (Å²) in [5.74, 6) is 0.0405. The van der Waals surface area contributed by atoms with Gasteiger partial charge < -0.3 is 94.8 Å². The van der Waals surface area contributed by atoms with Gasteiger partial charge in [-0.25, -0.2) is 39.1 Å². The van der Waals surface area contributed by atoms with Crippen molar-refractivity contribution in [3.05, 3.63) is 57.2 Å². The zero-order valence-electron chi connectivity index (χ0n) is 74.2. The molecule has 16 rings (SSSR count). The average molecular weight is 1820 g/mol. The molecule has 36 heteroatoms. The summed E-state index contributed by atoms with van der Waals surface area (Å²) in [5.41, 5.74) is -1.14. The predicted molar refractivity (Wildman–Crippen MR) is 476 cm³/mol. The van der Waals surface area contributed by atoms with Gasteiger partial charge in [-0.1, -0.05) is 91.4 Å². The number of carbonyl (C=O) groups excluding carboxylic acids is 7. The van der Waals surface area contributed by atoms with Crippen LogP contribution in [-0.4, -0.2) is 251 Å². The topological polar surface area (TPSA) is 385 Å². The van der Waals surface area contributed by atoms with Crippen LogP contribution in [0.2, 0.25) is 10.0 Å². The maximum absolute atomic E-state index is 14.9. The van der Waals surface area contributed by atoms with Gasteiger partial charge >= 0.3 is 24.1 Å². The van der Waals surface area contributed by atoms with E-state index in [0.717, 1.165) is 49.0 Å². The number of esters is 1. The van der Waals surface area contributed by atoms with Gasteiger partial charge in [-0.3, -0.25) is 24.1 Å². The van der Waals surface area contributed by atoms with E-state index in [1.165, 1.54) is 52.4 Å². The Morgan fingerprint density at radius 1 is 0.587 bits per heavy atom. The molecular formula is C90H120Cl2N14O18S2. The van der Waals surface area contributed by atoms with Crippen molar-refractivity contribution in [3.8, 4) is 45.8 Å². The first-order chi connectivity index (χ1) is 60.0. The lowest BCUT2D eigenvalue weighted by Gasteiger charge is -2.35. The first-order valence-corrected chi connectivity index (χ1v) is 46.9. The third-order valence-corrected chi connectivity index (χ3v) is 28.5. The molecular weight excluding hydrogens is 1700 g/mol. The molecule has 4 saturated heterocycles. The van der Waals surface area contributed by atoms with Gasteiger partial charge in [0.2, 0.25) is 23.6 Å². The number of aromatic nitrogens is 4. The van der Waals surface area contributed by atoms with E-state index in [0.29, 0.717) is 157 Å². The summed E-state index contributed by atoms with van der Waals surface area (Å²) < 4.78 is 54.2. The summed E-state index contributed by atoms with van der Waals surface area (Å²) in [6, 6.07) is 6.85. The molecule has 32 nitrogen and oxygen atoms in total. The number of methoxy groups -OCH3 is 1. The number of aliphatic carboxylic acids is 1. The van der Waals surface area contributed by atoms with E-state index in [1.807, 2.05) is 113 Å². The highest BCUT2D eigenvalue weighted by Gasteiger charge is 2.64. The minimum Gasteiger partial charge on any atom is -0.490 e. The molecule has 10 aliphatic rings. The van der Waals surface area contributed by atoms with Crippen LogP contribution in [0.4, 0.5) is 19.9 Å². The number of carbonyl (C=O) groups is 8. The molecule has 126 heavy (non-hydrogen) atoms. The van der Waals surface area contributed by atoms with Crippen molar-refractivity contribution in [2.24, 2.45) is 46.3 Å². The number of pyridine rings is 2. The fourth-order valence-electron chi connectivity index (χ4n) is 18.7. The normalized spacial score (nSPS) is 28.1. The number of morpholine rings is 2. The molecule has 0 spiro atoms. The number of carboxylic acid groups (broad SMARTS) is 1. The summed E-state index contributed by atoms with van der Waals surface area (Å²) in [6.45, 7) is 27.6. The molecule has 2 aromatic carbocycles. The number of fused-ring (bicyclic) bond motifs is 4. The third kappa shape index (κ3) is 20.5.